The summed E-state index contributed by atoms with van der Waals surface area (Å²) in [6, 6.07) is 12.5. The molecule has 0 saturated carbocycles. The summed E-state index contributed by atoms with van der Waals surface area (Å²) in [4.78, 5) is 27.8. The van der Waals surface area contributed by atoms with Crippen molar-refractivity contribution in [2.24, 2.45) is 0 Å². The highest BCUT2D eigenvalue weighted by Gasteiger charge is 2.57. The molecule has 1 aliphatic heterocycles. The number of carboxylic acids is 1. The Balaban J connectivity index is 1.94. The lowest BCUT2D eigenvalue weighted by molar-refractivity contribution is -0.163. The van der Waals surface area contributed by atoms with Gasteiger partial charge in [-0.2, -0.15) is 13.2 Å². The SMILES string of the molecule is CC(=O)N(C(CCl)c1ccc(C(F)(F)F)cc1)C1(C(=O)O)CN(c2ccccc2)C1. The van der Waals surface area contributed by atoms with Gasteiger partial charge in [0.2, 0.25) is 5.91 Å². The van der Waals surface area contributed by atoms with Crippen molar-refractivity contribution < 1.29 is 27.9 Å². The van der Waals surface area contributed by atoms with Gasteiger partial charge in [0.25, 0.3) is 0 Å². The van der Waals surface area contributed by atoms with Crippen molar-refractivity contribution in [3.63, 3.8) is 0 Å². The minimum absolute atomic E-state index is 0.0416. The zero-order valence-electron chi connectivity index (χ0n) is 16.1. The molecule has 1 saturated heterocycles. The van der Waals surface area contributed by atoms with Crippen molar-refractivity contribution in [2.75, 3.05) is 23.9 Å². The zero-order valence-corrected chi connectivity index (χ0v) is 16.8. The van der Waals surface area contributed by atoms with Gasteiger partial charge in [-0.15, -0.1) is 11.6 Å². The van der Waals surface area contributed by atoms with Gasteiger partial charge in [0, 0.05) is 18.5 Å². The average Bonchev–Trinajstić information content (AvgIpc) is 2.66. The quantitative estimate of drug-likeness (QED) is 0.685. The van der Waals surface area contributed by atoms with Crippen LogP contribution in [0.25, 0.3) is 0 Å². The smallest absolute Gasteiger partial charge is 0.416 e. The van der Waals surface area contributed by atoms with Gasteiger partial charge >= 0.3 is 12.1 Å². The van der Waals surface area contributed by atoms with E-state index >= 15 is 0 Å². The number of aliphatic carboxylic acids is 1. The van der Waals surface area contributed by atoms with Crippen molar-refractivity contribution in [3.8, 4) is 0 Å². The number of rotatable bonds is 6. The van der Waals surface area contributed by atoms with Crippen molar-refractivity contribution in [3.05, 3.63) is 65.7 Å². The third-order valence-corrected chi connectivity index (χ3v) is 5.60. The fourth-order valence-corrected chi connectivity index (χ4v) is 4.13. The minimum atomic E-state index is -4.50. The monoisotopic (exact) mass is 440 g/mol. The number of carboxylic acid groups (broad SMARTS) is 1. The Kier molecular flexibility index (Phi) is 5.99. The van der Waals surface area contributed by atoms with Crippen LogP contribution in [0, 0.1) is 0 Å². The number of alkyl halides is 4. The van der Waals surface area contributed by atoms with Crippen LogP contribution in [0.4, 0.5) is 18.9 Å². The van der Waals surface area contributed by atoms with E-state index < -0.39 is 35.2 Å². The number of carbonyl (C=O) groups excluding carboxylic acids is 1. The van der Waals surface area contributed by atoms with Gasteiger partial charge in [-0.25, -0.2) is 4.79 Å². The molecule has 0 aromatic heterocycles. The summed E-state index contributed by atoms with van der Waals surface area (Å²) >= 11 is 6.09. The first kappa shape index (κ1) is 22.0. The molecule has 1 heterocycles. The highest BCUT2D eigenvalue weighted by molar-refractivity contribution is 6.18. The molecule has 0 aliphatic carbocycles. The summed E-state index contributed by atoms with van der Waals surface area (Å²) in [7, 11) is 0. The molecule has 1 unspecified atom stereocenters. The van der Waals surface area contributed by atoms with E-state index in [4.69, 9.17) is 11.6 Å². The topological polar surface area (TPSA) is 60.9 Å². The molecule has 30 heavy (non-hydrogen) atoms. The minimum Gasteiger partial charge on any atom is -0.479 e. The predicted octanol–water partition coefficient (Wildman–Crippen LogP) is 4.18. The maximum atomic E-state index is 12.9. The number of hydrogen-bond donors (Lipinski definition) is 1. The normalized spacial score (nSPS) is 16.5. The summed E-state index contributed by atoms with van der Waals surface area (Å²) < 4.78 is 38.6. The Hall–Kier alpha value is -2.74. The van der Waals surface area contributed by atoms with Crippen molar-refractivity contribution in [1.82, 2.24) is 4.90 Å². The van der Waals surface area contributed by atoms with Crippen molar-refractivity contribution in [2.45, 2.75) is 24.7 Å². The van der Waals surface area contributed by atoms with Crippen LogP contribution < -0.4 is 4.90 Å². The lowest BCUT2D eigenvalue weighted by atomic mass is 9.84. The number of para-hydroxylation sites is 1. The number of nitrogens with zero attached hydrogens (tertiary/aromatic N) is 2. The summed E-state index contributed by atoms with van der Waals surface area (Å²) in [6.45, 7) is 1.32. The van der Waals surface area contributed by atoms with E-state index in [0.717, 1.165) is 17.8 Å². The van der Waals surface area contributed by atoms with Crippen LogP contribution in [0.3, 0.4) is 0 Å². The molecule has 9 heteroatoms. The molecule has 5 nitrogen and oxygen atoms in total. The predicted molar refractivity (Wildman–Crippen MR) is 106 cm³/mol. The second kappa shape index (κ2) is 8.18. The first-order valence-corrected chi connectivity index (χ1v) is 9.70. The van der Waals surface area contributed by atoms with E-state index in [1.807, 2.05) is 35.2 Å². The lowest BCUT2D eigenvalue weighted by Crippen LogP contribution is -2.75. The van der Waals surface area contributed by atoms with Crippen molar-refractivity contribution in [1.29, 1.82) is 0 Å². The Morgan fingerprint density at radius 2 is 1.70 bits per heavy atom. The van der Waals surface area contributed by atoms with Crippen LogP contribution >= 0.6 is 11.6 Å². The van der Waals surface area contributed by atoms with E-state index in [1.54, 1.807) is 0 Å². The molecule has 160 valence electrons. The number of carbonyl (C=O) groups is 2. The Bertz CT molecular complexity index is 913. The molecule has 2 aromatic rings. The molecule has 0 bridgehead atoms. The van der Waals surface area contributed by atoms with Gasteiger partial charge in [-0.3, -0.25) is 4.79 Å². The lowest BCUT2D eigenvalue weighted by Gasteiger charge is -2.55. The van der Waals surface area contributed by atoms with Gasteiger partial charge in [-0.05, 0) is 29.8 Å². The summed E-state index contributed by atoms with van der Waals surface area (Å²) in [5, 5.41) is 10.00. The van der Waals surface area contributed by atoms with E-state index in [1.165, 1.54) is 24.0 Å². The van der Waals surface area contributed by atoms with E-state index in [0.29, 0.717) is 5.56 Å². The second-order valence-corrected chi connectivity index (χ2v) is 7.52. The van der Waals surface area contributed by atoms with Crippen LogP contribution in [-0.2, 0) is 15.8 Å². The first-order chi connectivity index (χ1) is 14.1. The fourth-order valence-electron chi connectivity index (χ4n) is 3.82. The number of halogens is 4. The molecule has 1 amide bonds. The molecule has 2 aromatic carbocycles. The summed E-state index contributed by atoms with van der Waals surface area (Å²) in [6.07, 6.45) is -4.50. The molecule has 0 spiro atoms. The van der Waals surface area contributed by atoms with Gasteiger partial charge in [0.15, 0.2) is 5.54 Å². The Morgan fingerprint density at radius 1 is 1.13 bits per heavy atom. The Morgan fingerprint density at radius 3 is 2.13 bits per heavy atom. The maximum absolute atomic E-state index is 12.9. The van der Waals surface area contributed by atoms with Crippen LogP contribution in [0.5, 0.6) is 0 Å². The molecule has 1 atom stereocenters. The van der Waals surface area contributed by atoms with Gasteiger partial charge in [0.05, 0.1) is 24.7 Å². The van der Waals surface area contributed by atoms with E-state index in [9.17, 15) is 27.9 Å². The highest BCUT2D eigenvalue weighted by Crippen LogP contribution is 2.39. The van der Waals surface area contributed by atoms with Crippen LogP contribution in [0.2, 0.25) is 0 Å². The van der Waals surface area contributed by atoms with Crippen LogP contribution in [0.1, 0.15) is 24.1 Å². The third kappa shape index (κ3) is 3.96. The molecule has 3 rings (SSSR count). The van der Waals surface area contributed by atoms with Crippen molar-refractivity contribution >= 4 is 29.2 Å². The molecule has 0 radical (unpaired) electrons. The average molecular weight is 441 g/mol. The van der Waals surface area contributed by atoms with Gasteiger partial charge < -0.3 is 14.9 Å². The van der Waals surface area contributed by atoms with Gasteiger partial charge in [0.1, 0.15) is 0 Å². The van der Waals surface area contributed by atoms with E-state index in [-0.39, 0.29) is 19.0 Å². The fraction of sp³-hybridized carbons (Fsp3) is 0.333. The van der Waals surface area contributed by atoms with E-state index in [2.05, 4.69) is 0 Å². The highest BCUT2D eigenvalue weighted by atomic mass is 35.5. The second-order valence-electron chi connectivity index (χ2n) is 7.21. The number of hydrogen-bond acceptors (Lipinski definition) is 3. The number of amides is 1. The largest absolute Gasteiger partial charge is 0.479 e. The van der Waals surface area contributed by atoms with Crippen LogP contribution in [-0.4, -0.2) is 46.4 Å². The zero-order chi connectivity index (χ0) is 22.1. The van der Waals surface area contributed by atoms with Crippen LogP contribution in [0.15, 0.2) is 54.6 Å². The van der Waals surface area contributed by atoms with Gasteiger partial charge in [-0.1, -0.05) is 30.3 Å². The number of anilines is 1. The third-order valence-electron chi connectivity index (χ3n) is 5.31. The first-order valence-electron chi connectivity index (χ1n) is 9.16. The molecular weight excluding hydrogens is 421 g/mol. The molecule has 1 aliphatic rings. The molecular formula is C21H20ClF3N2O3. The molecule has 1 N–H and O–H groups in total. The maximum Gasteiger partial charge on any atom is 0.416 e. The summed E-state index contributed by atoms with van der Waals surface area (Å²) in [5.74, 6) is -1.87. The summed E-state index contributed by atoms with van der Waals surface area (Å²) in [5.41, 5.74) is -1.22. The Labute approximate surface area is 176 Å². The standard InChI is InChI=1S/C21H20ClF3N2O3/c1-14(28)27(18(11-22)15-7-9-16(10-8-15)21(23,24)25)20(19(29)30)12-26(13-20)17-5-3-2-4-6-17/h2-10,18H,11-13H2,1H3,(H,29,30). The molecule has 1 fully saturated rings. The number of benzene rings is 2.